The third-order valence-corrected chi connectivity index (χ3v) is 4.71. The molecule has 1 amide bonds. The Bertz CT molecular complexity index is 949. The van der Waals surface area contributed by atoms with E-state index in [0.29, 0.717) is 5.69 Å². The van der Waals surface area contributed by atoms with E-state index < -0.39 is 35.1 Å². The van der Waals surface area contributed by atoms with Gasteiger partial charge in [0.25, 0.3) is 5.91 Å². The third kappa shape index (κ3) is 5.63. The molecule has 2 rings (SSSR count). The molecule has 142 valence electrons. The highest BCUT2D eigenvalue weighted by Crippen LogP contribution is 2.13. The number of nitriles is 1. The number of carbonyl (C=O) groups is 2. The van der Waals surface area contributed by atoms with E-state index in [2.05, 4.69) is 9.82 Å². The van der Waals surface area contributed by atoms with Crippen molar-refractivity contribution >= 4 is 27.6 Å². The lowest BCUT2D eigenvalue weighted by molar-refractivity contribution is -0.146. The zero-order valence-corrected chi connectivity index (χ0v) is 15.2. The van der Waals surface area contributed by atoms with Crippen molar-refractivity contribution in [2.45, 2.75) is 4.90 Å². The summed E-state index contributed by atoms with van der Waals surface area (Å²) in [6.07, 6.45) is 2.41. The van der Waals surface area contributed by atoms with Crippen LogP contribution < -0.4 is 9.62 Å². The first-order chi connectivity index (χ1) is 12.8. The first-order valence-electron chi connectivity index (χ1n) is 7.70. The Balaban J connectivity index is 1.89. The van der Waals surface area contributed by atoms with Gasteiger partial charge in [-0.05, 0) is 12.1 Å². The number of nitrogens with one attached hydrogen (secondary N) is 1. The topological polar surface area (TPSA) is 134 Å². The van der Waals surface area contributed by atoms with Gasteiger partial charge in [-0.25, -0.2) is 8.42 Å². The van der Waals surface area contributed by atoms with Gasteiger partial charge in [0.05, 0.1) is 12.3 Å². The van der Waals surface area contributed by atoms with Gasteiger partial charge in [0, 0.05) is 18.9 Å². The van der Waals surface area contributed by atoms with Gasteiger partial charge in [0.1, 0.15) is 18.0 Å². The predicted octanol–water partition coefficient (Wildman–Crippen LogP) is -0.202. The Kier molecular flexibility index (Phi) is 6.64. The molecule has 11 heteroatoms. The van der Waals surface area contributed by atoms with Crippen LogP contribution in [0.3, 0.4) is 0 Å². The Labute approximate surface area is 156 Å². The fourth-order valence-electron chi connectivity index (χ4n) is 2.05. The molecule has 0 saturated heterocycles. The SMILES string of the molecule is Cn1cc(S(=O)(=O)NCC(=O)OCC(=O)N(CC#N)c2ccccc2)cn1. The fourth-order valence-corrected chi connectivity index (χ4v) is 3.00. The number of nitrogens with zero attached hydrogens (tertiary/aromatic N) is 4. The van der Waals surface area contributed by atoms with E-state index in [-0.39, 0.29) is 11.4 Å². The largest absolute Gasteiger partial charge is 0.455 e. The van der Waals surface area contributed by atoms with E-state index >= 15 is 0 Å². The second-order valence-electron chi connectivity index (χ2n) is 5.31. The quantitative estimate of drug-likeness (QED) is 0.486. The van der Waals surface area contributed by atoms with Gasteiger partial charge in [-0.1, -0.05) is 18.2 Å². The zero-order valence-electron chi connectivity index (χ0n) is 14.4. The standard InChI is InChI=1S/C16H17N5O5S/c1-20-11-14(9-18-20)27(24,25)19-10-16(23)26-12-15(22)21(8-7-17)13-5-3-2-4-6-13/h2-6,9,11,19H,8,10,12H2,1H3. The summed E-state index contributed by atoms with van der Waals surface area (Å²) < 4.78 is 32.1. The number of esters is 1. The molecule has 1 N–H and O–H groups in total. The number of aryl methyl sites for hydroxylation is 1. The minimum Gasteiger partial charge on any atom is -0.455 e. The summed E-state index contributed by atoms with van der Waals surface area (Å²) in [6.45, 7) is -1.48. The highest BCUT2D eigenvalue weighted by Gasteiger charge is 2.20. The van der Waals surface area contributed by atoms with Gasteiger partial charge < -0.3 is 4.74 Å². The normalized spacial score (nSPS) is 10.8. The molecular formula is C16H17N5O5S. The molecule has 1 aromatic heterocycles. The molecule has 0 aliphatic heterocycles. The van der Waals surface area contributed by atoms with E-state index in [4.69, 9.17) is 10.00 Å². The van der Waals surface area contributed by atoms with Crippen molar-refractivity contribution in [3.63, 3.8) is 0 Å². The summed E-state index contributed by atoms with van der Waals surface area (Å²) in [5, 5.41) is 12.6. The Hall–Kier alpha value is -3.23. The van der Waals surface area contributed by atoms with E-state index in [1.54, 1.807) is 37.4 Å². The third-order valence-electron chi connectivity index (χ3n) is 3.35. The summed E-state index contributed by atoms with van der Waals surface area (Å²) in [4.78, 5) is 25.0. The number of anilines is 1. The number of hydrogen-bond donors (Lipinski definition) is 1. The van der Waals surface area contributed by atoms with Crippen LogP contribution in [-0.2, 0) is 31.4 Å². The number of sulfonamides is 1. The van der Waals surface area contributed by atoms with Gasteiger partial charge in [0.2, 0.25) is 10.0 Å². The molecule has 1 heterocycles. The molecule has 0 aliphatic carbocycles. The molecule has 0 unspecified atom stereocenters. The van der Waals surface area contributed by atoms with E-state index in [9.17, 15) is 18.0 Å². The number of aromatic nitrogens is 2. The van der Waals surface area contributed by atoms with Crippen molar-refractivity contribution in [1.29, 1.82) is 5.26 Å². The molecule has 0 radical (unpaired) electrons. The minimum absolute atomic E-state index is 0.0989. The van der Waals surface area contributed by atoms with E-state index in [1.807, 2.05) is 6.07 Å². The maximum atomic E-state index is 12.2. The zero-order chi connectivity index (χ0) is 19.9. The van der Waals surface area contributed by atoms with Crippen molar-refractivity contribution in [2.75, 3.05) is 24.6 Å². The highest BCUT2D eigenvalue weighted by molar-refractivity contribution is 7.89. The molecule has 1 aromatic carbocycles. The summed E-state index contributed by atoms with van der Waals surface area (Å²) >= 11 is 0. The monoisotopic (exact) mass is 391 g/mol. The van der Waals surface area contributed by atoms with Gasteiger partial charge in [0.15, 0.2) is 6.61 Å². The van der Waals surface area contributed by atoms with Gasteiger partial charge in [-0.3, -0.25) is 19.2 Å². The van der Waals surface area contributed by atoms with Crippen LogP contribution in [0.1, 0.15) is 0 Å². The predicted molar refractivity (Wildman–Crippen MR) is 93.8 cm³/mol. The van der Waals surface area contributed by atoms with Crippen molar-refractivity contribution in [1.82, 2.24) is 14.5 Å². The lowest BCUT2D eigenvalue weighted by Gasteiger charge is -2.19. The van der Waals surface area contributed by atoms with Crippen LogP contribution in [0.4, 0.5) is 5.69 Å². The van der Waals surface area contributed by atoms with Crippen LogP contribution in [0, 0.1) is 11.3 Å². The van der Waals surface area contributed by atoms with Crippen LogP contribution in [0.2, 0.25) is 0 Å². The van der Waals surface area contributed by atoms with Crippen molar-refractivity contribution in [3.05, 3.63) is 42.7 Å². The molecule has 0 aliphatic rings. The smallest absolute Gasteiger partial charge is 0.321 e. The number of carbonyl (C=O) groups excluding carboxylic acids is 2. The maximum Gasteiger partial charge on any atom is 0.321 e. The van der Waals surface area contributed by atoms with Crippen molar-refractivity contribution in [2.24, 2.45) is 7.05 Å². The molecule has 10 nitrogen and oxygen atoms in total. The average Bonchev–Trinajstić information content (AvgIpc) is 3.10. The van der Waals surface area contributed by atoms with E-state index in [0.717, 1.165) is 11.1 Å². The number of ether oxygens (including phenoxy) is 1. The first kappa shape index (κ1) is 20.1. The lowest BCUT2D eigenvalue weighted by atomic mass is 10.3. The number of benzene rings is 1. The Morgan fingerprint density at radius 1 is 1.33 bits per heavy atom. The molecule has 0 atom stereocenters. The average molecular weight is 391 g/mol. The second-order valence-corrected chi connectivity index (χ2v) is 7.08. The molecule has 0 saturated carbocycles. The molecular weight excluding hydrogens is 374 g/mol. The summed E-state index contributed by atoms with van der Waals surface area (Å²) in [5.41, 5.74) is 0.484. The summed E-state index contributed by atoms with van der Waals surface area (Å²) in [6, 6.07) is 10.3. The highest BCUT2D eigenvalue weighted by atomic mass is 32.2. The lowest BCUT2D eigenvalue weighted by Crippen LogP contribution is -2.37. The van der Waals surface area contributed by atoms with E-state index in [1.165, 1.54) is 10.9 Å². The summed E-state index contributed by atoms with van der Waals surface area (Å²) in [5.74, 6) is -1.54. The van der Waals surface area contributed by atoms with Gasteiger partial charge in [-0.2, -0.15) is 15.1 Å². The minimum atomic E-state index is -3.91. The molecule has 0 fully saturated rings. The van der Waals surface area contributed by atoms with Crippen LogP contribution >= 0.6 is 0 Å². The Morgan fingerprint density at radius 3 is 2.63 bits per heavy atom. The molecule has 2 aromatic rings. The first-order valence-corrected chi connectivity index (χ1v) is 9.18. The van der Waals surface area contributed by atoms with Crippen LogP contribution in [0.5, 0.6) is 0 Å². The summed E-state index contributed by atoms with van der Waals surface area (Å²) in [7, 11) is -2.36. The van der Waals surface area contributed by atoms with Crippen molar-refractivity contribution < 1.29 is 22.7 Å². The molecule has 0 spiro atoms. The van der Waals surface area contributed by atoms with Gasteiger partial charge >= 0.3 is 5.97 Å². The van der Waals surface area contributed by atoms with Gasteiger partial charge in [-0.15, -0.1) is 0 Å². The van der Waals surface area contributed by atoms with Crippen molar-refractivity contribution in [3.8, 4) is 6.07 Å². The number of para-hydroxylation sites is 1. The van der Waals surface area contributed by atoms with Crippen LogP contribution in [0.25, 0.3) is 0 Å². The fraction of sp³-hybridized carbons (Fsp3) is 0.250. The number of rotatable bonds is 8. The maximum absolute atomic E-state index is 12.2. The van der Waals surface area contributed by atoms with Crippen LogP contribution in [0.15, 0.2) is 47.6 Å². The molecule has 27 heavy (non-hydrogen) atoms. The second kappa shape index (κ2) is 8.93. The van der Waals surface area contributed by atoms with Crippen LogP contribution in [-0.4, -0.2) is 49.8 Å². The molecule has 0 bridgehead atoms. The Morgan fingerprint density at radius 2 is 2.04 bits per heavy atom. The number of amides is 1. The number of hydrogen-bond acceptors (Lipinski definition) is 7.